The number of aromatic nitrogens is 3. The van der Waals surface area contributed by atoms with Crippen molar-refractivity contribution in [2.24, 2.45) is 0 Å². The number of carbonyl (C=O) groups is 1. The standard InChI is InChI=1S/C17H22N4O3/c1-11(2)20(12(3)4)16-15(22)14(13-9-7-6-8-10-13)18-21(19-16)17(23)24-5/h6-12H,1-5H3. The molecule has 1 heterocycles. The summed E-state index contributed by atoms with van der Waals surface area (Å²) in [5, 5.41) is 8.18. The fourth-order valence-electron chi connectivity index (χ4n) is 2.61. The molecule has 1 aromatic carbocycles. The van der Waals surface area contributed by atoms with Gasteiger partial charge in [0.1, 0.15) is 5.69 Å². The minimum Gasteiger partial charge on any atom is -0.450 e. The highest BCUT2D eigenvalue weighted by atomic mass is 16.5. The summed E-state index contributed by atoms with van der Waals surface area (Å²) in [6, 6.07) is 9.06. The summed E-state index contributed by atoms with van der Waals surface area (Å²) in [4.78, 5) is 27.6. The maximum absolute atomic E-state index is 13.0. The number of rotatable bonds is 4. The van der Waals surface area contributed by atoms with Crippen LogP contribution in [0.2, 0.25) is 0 Å². The van der Waals surface area contributed by atoms with Crippen LogP contribution in [0.3, 0.4) is 0 Å². The second-order valence-corrected chi connectivity index (χ2v) is 5.92. The molecule has 7 heteroatoms. The van der Waals surface area contributed by atoms with E-state index in [9.17, 15) is 9.59 Å². The summed E-state index contributed by atoms with van der Waals surface area (Å²) in [7, 11) is 1.24. The van der Waals surface area contributed by atoms with Crippen LogP contribution >= 0.6 is 0 Å². The van der Waals surface area contributed by atoms with Crippen molar-refractivity contribution in [3.63, 3.8) is 0 Å². The molecule has 1 aromatic heterocycles. The number of hydrogen-bond acceptors (Lipinski definition) is 6. The molecule has 0 unspecified atom stereocenters. The average molecular weight is 330 g/mol. The Morgan fingerprint density at radius 1 is 1.08 bits per heavy atom. The molecule has 128 valence electrons. The summed E-state index contributed by atoms with van der Waals surface area (Å²) in [6.45, 7) is 7.86. The van der Waals surface area contributed by atoms with Crippen LogP contribution in [0.4, 0.5) is 10.6 Å². The molecule has 0 aliphatic rings. The first-order valence-electron chi connectivity index (χ1n) is 7.80. The number of hydrogen-bond donors (Lipinski definition) is 0. The molecule has 0 saturated heterocycles. The number of ether oxygens (including phenoxy) is 1. The van der Waals surface area contributed by atoms with Gasteiger partial charge in [0, 0.05) is 17.6 Å². The third kappa shape index (κ3) is 3.45. The van der Waals surface area contributed by atoms with Crippen LogP contribution in [0.25, 0.3) is 11.3 Å². The van der Waals surface area contributed by atoms with Gasteiger partial charge in [-0.2, -0.15) is 0 Å². The smallest absolute Gasteiger partial charge is 0.450 e. The van der Waals surface area contributed by atoms with E-state index < -0.39 is 6.09 Å². The molecule has 7 nitrogen and oxygen atoms in total. The van der Waals surface area contributed by atoms with Gasteiger partial charge in [0.25, 0.3) is 5.43 Å². The van der Waals surface area contributed by atoms with Crippen molar-refractivity contribution >= 4 is 11.9 Å². The molecule has 0 atom stereocenters. The molecular formula is C17H22N4O3. The van der Waals surface area contributed by atoms with Gasteiger partial charge in [0.05, 0.1) is 7.11 Å². The fraction of sp³-hybridized carbons (Fsp3) is 0.412. The first-order chi connectivity index (χ1) is 11.4. The summed E-state index contributed by atoms with van der Waals surface area (Å²) in [6.07, 6.45) is -0.749. The van der Waals surface area contributed by atoms with Gasteiger partial charge in [-0.15, -0.1) is 10.2 Å². The van der Waals surface area contributed by atoms with E-state index >= 15 is 0 Å². The molecule has 24 heavy (non-hydrogen) atoms. The van der Waals surface area contributed by atoms with Crippen LogP contribution in [0, 0.1) is 0 Å². The molecule has 0 fully saturated rings. The van der Waals surface area contributed by atoms with Gasteiger partial charge in [-0.3, -0.25) is 4.79 Å². The quantitative estimate of drug-likeness (QED) is 0.857. The highest BCUT2D eigenvalue weighted by molar-refractivity contribution is 5.70. The lowest BCUT2D eigenvalue weighted by atomic mass is 10.1. The molecule has 0 spiro atoms. The summed E-state index contributed by atoms with van der Waals surface area (Å²) in [5.74, 6) is 0.180. The normalized spacial score (nSPS) is 11.0. The van der Waals surface area contributed by atoms with E-state index in [0.717, 1.165) is 4.80 Å². The van der Waals surface area contributed by atoms with Crippen molar-refractivity contribution in [2.45, 2.75) is 39.8 Å². The summed E-state index contributed by atoms with van der Waals surface area (Å²) < 4.78 is 4.70. The number of nitrogens with zero attached hydrogens (tertiary/aromatic N) is 4. The van der Waals surface area contributed by atoms with Crippen LogP contribution in [0.1, 0.15) is 27.7 Å². The zero-order valence-corrected chi connectivity index (χ0v) is 14.6. The zero-order valence-electron chi connectivity index (χ0n) is 14.6. The maximum Gasteiger partial charge on any atom is 0.452 e. The summed E-state index contributed by atoms with van der Waals surface area (Å²) in [5.41, 5.74) is 0.470. The van der Waals surface area contributed by atoms with Crippen LogP contribution in [-0.4, -0.2) is 40.3 Å². The van der Waals surface area contributed by atoms with Gasteiger partial charge in [-0.25, -0.2) is 4.79 Å². The van der Waals surface area contributed by atoms with Crippen LogP contribution < -0.4 is 10.3 Å². The molecule has 0 aliphatic carbocycles. The topological polar surface area (TPSA) is 77.3 Å². The fourth-order valence-corrected chi connectivity index (χ4v) is 2.61. The first kappa shape index (κ1) is 17.7. The van der Waals surface area contributed by atoms with E-state index in [2.05, 4.69) is 10.2 Å². The predicted octanol–water partition coefficient (Wildman–Crippen LogP) is 2.54. The van der Waals surface area contributed by atoms with E-state index in [1.54, 1.807) is 12.1 Å². The van der Waals surface area contributed by atoms with E-state index in [0.29, 0.717) is 5.56 Å². The van der Waals surface area contributed by atoms with E-state index in [-0.39, 0.29) is 29.0 Å². The number of methoxy groups -OCH3 is 1. The van der Waals surface area contributed by atoms with Crippen molar-refractivity contribution in [2.75, 3.05) is 12.0 Å². The van der Waals surface area contributed by atoms with Crippen molar-refractivity contribution in [3.05, 3.63) is 40.6 Å². The Bertz CT molecular complexity index is 761. The second-order valence-electron chi connectivity index (χ2n) is 5.92. The largest absolute Gasteiger partial charge is 0.452 e. The average Bonchev–Trinajstić information content (AvgIpc) is 2.56. The SMILES string of the molecule is COC(=O)n1nc(-c2ccccc2)c(=O)c(N(C(C)C)C(C)C)n1. The first-order valence-corrected chi connectivity index (χ1v) is 7.80. The van der Waals surface area contributed by atoms with Crippen molar-refractivity contribution in [1.29, 1.82) is 0 Å². The Hall–Kier alpha value is -2.70. The second kappa shape index (κ2) is 7.25. The number of carbonyl (C=O) groups excluding carboxylic acids is 1. The number of anilines is 1. The molecule has 2 aromatic rings. The molecule has 0 amide bonds. The van der Waals surface area contributed by atoms with Crippen molar-refractivity contribution in [1.82, 2.24) is 15.0 Å². The Labute approximate surface area is 140 Å². The van der Waals surface area contributed by atoms with Gasteiger partial charge in [-0.1, -0.05) is 35.1 Å². The zero-order chi connectivity index (χ0) is 17.9. The molecular weight excluding hydrogens is 308 g/mol. The van der Waals surface area contributed by atoms with E-state index in [1.165, 1.54) is 7.11 Å². The van der Waals surface area contributed by atoms with Crippen LogP contribution in [-0.2, 0) is 4.74 Å². The minimum absolute atomic E-state index is 0.0299. The molecule has 2 rings (SSSR count). The molecule has 0 aliphatic heterocycles. The Morgan fingerprint density at radius 3 is 2.17 bits per heavy atom. The lowest BCUT2D eigenvalue weighted by Gasteiger charge is -2.31. The molecule has 0 bridgehead atoms. The van der Waals surface area contributed by atoms with Crippen LogP contribution in [0.5, 0.6) is 0 Å². The lowest BCUT2D eigenvalue weighted by Crippen LogP contribution is -2.42. The van der Waals surface area contributed by atoms with Crippen molar-refractivity contribution in [3.8, 4) is 11.3 Å². The highest BCUT2D eigenvalue weighted by Gasteiger charge is 2.24. The van der Waals surface area contributed by atoms with E-state index in [1.807, 2.05) is 50.8 Å². The lowest BCUT2D eigenvalue weighted by molar-refractivity contribution is 0.164. The number of benzene rings is 1. The van der Waals surface area contributed by atoms with Gasteiger partial charge in [0.2, 0.25) is 5.82 Å². The van der Waals surface area contributed by atoms with Crippen molar-refractivity contribution < 1.29 is 9.53 Å². The molecule has 0 saturated carbocycles. The van der Waals surface area contributed by atoms with Gasteiger partial charge in [0.15, 0.2) is 0 Å². The monoisotopic (exact) mass is 330 g/mol. The van der Waals surface area contributed by atoms with Gasteiger partial charge in [-0.05, 0) is 27.7 Å². The maximum atomic E-state index is 13.0. The Kier molecular flexibility index (Phi) is 5.33. The third-order valence-corrected chi connectivity index (χ3v) is 3.54. The third-order valence-electron chi connectivity index (χ3n) is 3.54. The van der Waals surface area contributed by atoms with Crippen LogP contribution in [0.15, 0.2) is 35.1 Å². The molecule has 0 N–H and O–H groups in total. The van der Waals surface area contributed by atoms with Gasteiger partial charge >= 0.3 is 6.09 Å². The minimum atomic E-state index is -0.749. The van der Waals surface area contributed by atoms with Gasteiger partial charge < -0.3 is 9.64 Å². The Balaban J connectivity index is 2.75. The predicted molar refractivity (Wildman–Crippen MR) is 92.3 cm³/mol. The Morgan fingerprint density at radius 2 is 1.67 bits per heavy atom. The summed E-state index contributed by atoms with van der Waals surface area (Å²) >= 11 is 0. The molecule has 0 radical (unpaired) electrons. The van der Waals surface area contributed by atoms with E-state index in [4.69, 9.17) is 4.74 Å². The highest BCUT2D eigenvalue weighted by Crippen LogP contribution is 2.18.